The first-order valence-corrected chi connectivity index (χ1v) is 7.32. The highest BCUT2D eigenvalue weighted by molar-refractivity contribution is 5.90. The molecule has 0 atom stereocenters. The lowest BCUT2D eigenvalue weighted by atomic mass is 10.1. The second-order valence-electron chi connectivity index (χ2n) is 5.20. The number of rotatable bonds is 3. The van der Waals surface area contributed by atoms with Gasteiger partial charge in [-0.05, 0) is 31.0 Å². The quantitative estimate of drug-likeness (QED) is 0.794. The number of fused-ring (bicyclic) bond motifs is 1. The highest BCUT2D eigenvalue weighted by Gasteiger charge is 2.29. The number of nitrogens with zero attached hydrogens (tertiary/aromatic N) is 2. The van der Waals surface area contributed by atoms with Gasteiger partial charge >= 0.3 is 0 Å². The van der Waals surface area contributed by atoms with E-state index in [-0.39, 0.29) is 25.0 Å². The van der Waals surface area contributed by atoms with Crippen molar-refractivity contribution in [2.75, 3.05) is 19.9 Å². The molecule has 2 aliphatic rings. The summed E-state index contributed by atoms with van der Waals surface area (Å²) in [5.41, 5.74) is 0.847. The number of carbonyl (C=O) groups excluding carboxylic acids is 2. The van der Waals surface area contributed by atoms with Crippen molar-refractivity contribution in [2.24, 2.45) is 0 Å². The Bertz CT molecular complexity index is 627. The summed E-state index contributed by atoms with van der Waals surface area (Å²) >= 11 is 0. The first-order valence-electron chi connectivity index (χ1n) is 7.32. The van der Waals surface area contributed by atoms with E-state index in [9.17, 15) is 9.59 Å². The van der Waals surface area contributed by atoms with E-state index in [0.29, 0.717) is 24.6 Å². The fourth-order valence-corrected chi connectivity index (χ4v) is 2.65. The van der Waals surface area contributed by atoms with Crippen LogP contribution in [-0.2, 0) is 16.0 Å². The molecule has 0 aliphatic carbocycles. The van der Waals surface area contributed by atoms with Gasteiger partial charge in [0.1, 0.15) is 0 Å². The van der Waals surface area contributed by atoms with E-state index in [0.717, 1.165) is 12.0 Å². The van der Waals surface area contributed by atoms with E-state index in [1.165, 1.54) is 16.1 Å². The molecule has 0 saturated carbocycles. The Morgan fingerprint density at radius 1 is 1.18 bits per heavy atom. The van der Waals surface area contributed by atoms with Gasteiger partial charge in [0, 0.05) is 19.2 Å². The molecule has 0 bridgehead atoms. The second kappa shape index (κ2) is 6.09. The van der Waals surface area contributed by atoms with Crippen molar-refractivity contribution < 1.29 is 19.1 Å². The van der Waals surface area contributed by atoms with Crippen molar-refractivity contribution in [1.82, 2.24) is 10.0 Å². The second-order valence-corrected chi connectivity index (χ2v) is 5.20. The van der Waals surface area contributed by atoms with Crippen LogP contribution in [0.2, 0.25) is 0 Å². The van der Waals surface area contributed by atoms with Crippen LogP contribution in [0.1, 0.15) is 18.9 Å². The van der Waals surface area contributed by atoms with E-state index >= 15 is 0 Å². The Morgan fingerprint density at radius 2 is 1.95 bits per heavy atom. The average molecular weight is 302 g/mol. The van der Waals surface area contributed by atoms with Crippen LogP contribution < -0.4 is 9.47 Å². The summed E-state index contributed by atoms with van der Waals surface area (Å²) in [6.45, 7) is 3.15. The first-order chi connectivity index (χ1) is 10.7. The molecule has 6 nitrogen and oxygen atoms in total. The highest BCUT2D eigenvalue weighted by Crippen LogP contribution is 2.32. The summed E-state index contributed by atoms with van der Waals surface area (Å²) in [5, 5.41) is 3.04. The summed E-state index contributed by atoms with van der Waals surface area (Å²) in [5.74, 6) is 1.11. The van der Waals surface area contributed by atoms with Gasteiger partial charge < -0.3 is 9.47 Å². The molecule has 2 heterocycles. The number of benzene rings is 1. The van der Waals surface area contributed by atoms with Crippen LogP contribution in [0.4, 0.5) is 0 Å². The van der Waals surface area contributed by atoms with Crippen molar-refractivity contribution in [3.63, 3.8) is 0 Å². The number of hydrazine groups is 1. The zero-order valence-corrected chi connectivity index (χ0v) is 12.4. The SMILES string of the molecule is C/C=C/C(=O)N1CCCN1C(=O)Cc1ccc2c(c1)OCO2. The Hall–Kier alpha value is -2.50. The minimum Gasteiger partial charge on any atom is -0.454 e. The number of carbonyl (C=O) groups is 2. The molecular formula is C16H18N2O4. The zero-order valence-electron chi connectivity index (χ0n) is 12.4. The molecule has 3 rings (SSSR count). The van der Waals surface area contributed by atoms with Crippen LogP contribution in [0.25, 0.3) is 0 Å². The largest absolute Gasteiger partial charge is 0.454 e. The lowest BCUT2D eigenvalue weighted by Crippen LogP contribution is -2.44. The van der Waals surface area contributed by atoms with E-state index in [4.69, 9.17) is 9.47 Å². The molecule has 2 amide bonds. The Morgan fingerprint density at radius 3 is 2.77 bits per heavy atom. The van der Waals surface area contributed by atoms with E-state index < -0.39 is 0 Å². The van der Waals surface area contributed by atoms with Crippen molar-refractivity contribution in [2.45, 2.75) is 19.8 Å². The third-order valence-electron chi connectivity index (χ3n) is 3.68. The Balaban J connectivity index is 1.70. The van der Waals surface area contributed by atoms with Crippen molar-refractivity contribution in [1.29, 1.82) is 0 Å². The Kier molecular flexibility index (Phi) is 4.00. The van der Waals surface area contributed by atoms with E-state index in [2.05, 4.69) is 0 Å². The maximum atomic E-state index is 12.5. The molecule has 1 aromatic rings. The van der Waals surface area contributed by atoms with Gasteiger partial charge in [0.15, 0.2) is 11.5 Å². The summed E-state index contributed by atoms with van der Waals surface area (Å²) in [6, 6.07) is 5.46. The van der Waals surface area contributed by atoms with Crippen LogP contribution in [0.5, 0.6) is 11.5 Å². The predicted molar refractivity (Wildman–Crippen MR) is 79.1 cm³/mol. The first kappa shape index (κ1) is 14.4. The molecule has 0 spiro atoms. The smallest absolute Gasteiger partial charge is 0.264 e. The molecule has 0 N–H and O–H groups in total. The lowest BCUT2D eigenvalue weighted by molar-refractivity contribution is -0.154. The minimum atomic E-state index is -0.154. The van der Waals surface area contributed by atoms with E-state index in [1.807, 2.05) is 12.1 Å². The number of hydrogen-bond donors (Lipinski definition) is 0. The maximum Gasteiger partial charge on any atom is 0.264 e. The van der Waals surface area contributed by atoms with Crippen LogP contribution >= 0.6 is 0 Å². The molecule has 0 unspecified atom stereocenters. The summed E-state index contributed by atoms with van der Waals surface area (Å²) in [4.78, 5) is 24.4. The number of ether oxygens (including phenoxy) is 2. The number of allylic oxidation sites excluding steroid dienone is 1. The van der Waals surface area contributed by atoms with Gasteiger partial charge in [-0.1, -0.05) is 12.1 Å². The molecule has 1 saturated heterocycles. The molecule has 6 heteroatoms. The van der Waals surface area contributed by atoms with Crippen LogP contribution in [0, 0.1) is 0 Å². The van der Waals surface area contributed by atoms with Gasteiger partial charge in [-0.3, -0.25) is 14.6 Å². The molecule has 1 aromatic carbocycles. The summed E-state index contributed by atoms with van der Waals surface area (Å²) in [6.07, 6.45) is 4.19. The van der Waals surface area contributed by atoms with Gasteiger partial charge in [0.25, 0.3) is 5.91 Å². The zero-order chi connectivity index (χ0) is 15.5. The molecule has 2 aliphatic heterocycles. The fourth-order valence-electron chi connectivity index (χ4n) is 2.65. The molecule has 0 radical (unpaired) electrons. The lowest BCUT2D eigenvalue weighted by Gasteiger charge is -2.27. The van der Waals surface area contributed by atoms with Gasteiger partial charge in [0.2, 0.25) is 12.7 Å². The van der Waals surface area contributed by atoms with Crippen LogP contribution in [-0.4, -0.2) is 41.7 Å². The fraction of sp³-hybridized carbons (Fsp3) is 0.375. The maximum absolute atomic E-state index is 12.5. The third-order valence-corrected chi connectivity index (χ3v) is 3.68. The number of hydrogen-bond acceptors (Lipinski definition) is 4. The van der Waals surface area contributed by atoms with Crippen LogP contribution in [0.15, 0.2) is 30.4 Å². The monoisotopic (exact) mass is 302 g/mol. The highest BCUT2D eigenvalue weighted by atomic mass is 16.7. The standard InChI is InChI=1S/C16H18N2O4/c1-2-4-15(19)17-7-3-8-18(17)16(20)10-12-5-6-13-14(9-12)22-11-21-13/h2,4-6,9H,3,7-8,10-11H2,1H3/b4-2+. The number of amides is 2. The summed E-state index contributed by atoms with van der Waals surface area (Å²) in [7, 11) is 0. The van der Waals surface area contributed by atoms with E-state index in [1.54, 1.807) is 19.1 Å². The topological polar surface area (TPSA) is 59.1 Å². The molecule has 22 heavy (non-hydrogen) atoms. The van der Waals surface area contributed by atoms with Gasteiger partial charge in [0.05, 0.1) is 6.42 Å². The average Bonchev–Trinajstić information content (AvgIpc) is 3.16. The van der Waals surface area contributed by atoms with Gasteiger partial charge in [-0.25, -0.2) is 5.01 Å². The van der Waals surface area contributed by atoms with Crippen molar-refractivity contribution in [3.8, 4) is 11.5 Å². The Labute approximate surface area is 128 Å². The molecule has 116 valence electrons. The van der Waals surface area contributed by atoms with Gasteiger partial charge in [-0.15, -0.1) is 0 Å². The predicted octanol–water partition coefficient (Wildman–Crippen LogP) is 1.51. The third kappa shape index (κ3) is 2.77. The van der Waals surface area contributed by atoms with Crippen LogP contribution in [0.3, 0.4) is 0 Å². The van der Waals surface area contributed by atoms with Crippen molar-refractivity contribution >= 4 is 11.8 Å². The normalized spacial score (nSPS) is 16.6. The molecular weight excluding hydrogens is 284 g/mol. The minimum absolute atomic E-state index is 0.0887. The summed E-state index contributed by atoms with van der Waals surface area (Å²) < 4.78 is 10.6. The van der Waals surface area contributed by atoms with Gasteiger partial charge in [-0.2, -0.15) is 0 Å². The molecule has 0 aromatic heterocycles. The molecule has 1 fully saturated rings. The van der Waals surface area contributed by atoms with Crippen molar-refractivity contribution in [3.05, 3.63) is 35.9 Å².